The van der Waals surface area contributed by atoms with Crippen molar-refractivity contribution in [3.8, 4) is 5.75 Å². The predicted octanol–water partition coefficient (Wildman–Crippen LogP) is 7.52. The maximum Gasteiger partial charge on any atom is 0.374 e. The highest BCUT2D eigenvalue weighted by Gasteiger charge is 2.17. The summed E-state index contributed by atoms with van der Waals surface area (Å²) >= 11 is 0. The third-order valence-corrected chi connectivity index (χ3v) is 6.32. The van der Waals surface area contributed by atoms with Crippen molar-refractivity contribution in [3.05, 3.63) is 70.1 Å². The molecule has 0 atom stereocenters. The standard InChI is InChI=1S/C31H39NO6/c1-3-5-7-9-10-12-20-36-24-18-16-23(17-19-24)30(34)32-26-15-13-14-25-27(33)22-28(38-29(25)26)31(35)37-21-11-8-6-4-2/h13-19,22H,3-12,20-21H2,1-2H3,(H,32,34). The number of anilines is 1. The van der Waals surface area contributed by atoms with Crippen LogP contribution >= 0.6 is 0 Å². The average Bonchev–Trinajstić information content (AvgIpc) is 2.93. The van der Waals surface area contributed by atoms with Crippen LogP contribution in [0.3, 0.4) is 0 Å². The van der Waals surface area contributed by atoms with Gasteiger partial charge in [0.25, 0.3) is 5.91 Å². The largest absolute Gasteiger partial charge is 0.494 e. The summed E-state index contributed by atoms with van der Waals surface area (Å²) in [5, 5.41) is 3.06. The molecular weight excluding hydrogens is 482 g/mol. The average molecular weight is 522 g/mol. The van der Waals surface area contributed by atoms with E-state index in [1.54, 1.807) is 42.5 Å². The molecule has 0 aliphatic carbocycles. The number of fused-ring (bicyclic) bond motifs is 1. The van der Waals surface area contributed by atoms with Crippen LogP contribution in [-0.4, -0.2) is 25.1 Å². The topological polar surface area (TPSA) is 94.8 Å². The molecule has 1 heterocycles. The molecule has 1 aromatic heterocycles. The lowest BCUT2D eigenvalue weighted by Crippen LogP contribution is -2.14. The van der Waals surface area contributed by atoms with Gasteiger partial charge in [-0.3, -0.25) is 9.59 Å². The maximum absolute atomic E-state index is 12.9. The van der Waals surface area contributed by atoms with Crippen molar-refractivity contribution in [2.45, 2.75) is 78.1 Å². The summed E-state index contributed by atoms with van der Waals surface area (Å²) < 4.78 is 16.8. The molecule has 0 unspecified atom stereocenters. The summed E-state index contributed by atoms with van der Waals surface area (Å²) in [5.74, 6) is -0.541. The second kappa shape index (κ2) is 15.6. The van der Waals surface area contributed by atoms with Crippen LogP contribution in [0.15, 0.2) is 57.7 Å². The molecule has 0 bridgehead atoms. The monoisotopic (exact) mass is 521 g/mol. The summed E-state index contributed by atoms with van der Waals surface area (Å²) in [4.78, 5) is 38.0. The second-order valence-corrected chi connectivity index (χ2v) is 9.45. The lowest BCUT2D eigenvalue weighted by Gasteiger charge is -2.10. The Labute approximate surface area is 224 Å². The van der Waals surface area contributed by atoms with E-state index in [0.717, 1.165) is 44.6 Å². The first-order valence-electron chi connectivity index (χ1n) is 13.8. The number of amides is 1. The van der Waals surface area contributed by atoms with Gasteiger partial charge in [-0.05, 0) is 49.2 Å². The molecule has 38 heavy (non-hydrogen) atoms. The third kappa shape index (κ3) is 8.75. The van der Waals surface area contributed by atoms with Crippen molar-refractivity contribution in [2.24, 2.45) is 0 Å². The van der Waals surface area contributed by atoms with Crippen molar-refractivity contribution < 1.29 is 23.5 Å². The molecule has 3 aromatic rings. The number of unbranched alkanes of at least 4 members (excludes halogenated alkanes) is 8. The van der Waals surface area contributed by atoms with Crippen molar-refractivity contribution in [3.63, 3.8) is 0 Å². The van der Waals surface area contributed by atoms with Crippen molar-refractivity contribution in [1.29, 1.82) is 0 Å². The van der Waals surface area contributed by atoms with Crippen LogP contribution in [0.4, 0.5) is 5.69 Å². The number of rotatable bonds is 16. The van der Waals surface area contributed by atoms with Gasteiger partial charge in [0.15, 0.2) is 11.0 Å². The Balaban J connectivity index is 1.62. The second-order valence-electron chi connectivity index (χ2n) is 9.45. The minimum atomic E-state index is -0.696. The van der Waals surface area contributed by atoms with Gasteiger partial charge < -0.3 is 19.2 Å². The summed E-state index contributed by atoms with van der Waals surface area (Å²) in [5.41, 5.74) is 0.474. The zero-order valence-electron chi connectivity index (χ0n) is 22.6. The van der Waals surface area contributed by atoms with E-state index in [9.17, 15) is 14.4 Å². The van der Waals surface area contributed by atoms with E-state index in [0.29, 0.717) is 23.6 Å². The molecule has 0 spiro atoms. The summed E-state index contributed by atoms with van der Waals surface area (Å²) in [7, 11) is 0. The Hall–Kier alpha value is -3.61. The fraction of sp³-hybridized carbons (Fsp3) is 0.452. The molecule has 1 N–H and O–H groups in total. The molecule has 7 nitrogen and oxygen atoms in total. The quantitative estimate of drug-likeness (QED) is 0.155. The van der Waals surface area contributed by atoms with Gasteiger partial charge in [0.05, 0.1) is 24.3 Å². The van der Waals surface area contributed by atoms with Gasteiger partial charge in [-0.25, -0.2) is 4.79 Å². The van der Waals surface area contributed by atoms with E-state index in [1.165, 1.54) is 25.7 Å². The van der Waals surface area contributed by atoms with Crippen molar-refractivity contribution in [1.82, 2.24) is 0 Å². The summed E-state index contributed by atoms with van der Waals surface area (Å²) in [6.45, 7) is 5.22. The Bertz CT molecular complexity index is 1230. The van der Waals surface area contributed by atoms with Gasteiger partial charge >= 0.3 is 5.97 Å². The molecule has 1 amide bonds. The zero-order chi connectivity index (χ0) is 27.2. The van der Waals surface area contributed by atoms with Crippen LogP contribution in [0.2, 0.25) is 0 Å². The van der Waals surface area contributed by atoms with E-state index < -0.39 is 5.97 Å². The van der Waals surface area contributed by atoms with E-state index >= 15 is 0 Å². The Morgan fingerprint density at radius 2 is 1.47 bits per heavy atom. The van der Waals surface area contributed by atoms with Crippen LogP contribution in [-0.2, 0) is 4.74 Å². The summed E-state index contributed by atoms with van der Waals surface area (Å²) in [6, 6.07) is 12.9. The van der Waals surface area contributed by atoms with Crippen LogP contribution < -0.4 is 15.5 Å². The van der Waals surface area contributed by atoms with Crippen LogP contribution in [0.1, 0.15) is 99.0 Å². The fourth-order valence-corrected chi connectivity index (χ4v) is 4.11. The minimum Gasteiger partial charge on any atom is -0.494 e. The Morgan fingerprint density at radius 3 is 2.21 bits per heavy atom. The first-order valence-corrected chi connectivity index (χ1v) is 13.8. The van der Waals surface area contributed by atoms with Gasteiger partial charge in [-0.1, -0.05) is 71.3 Å². The number of hydrogen-bond acceptors (Lipinski definition) is 6. The number of esters is 1. The van der Waals surface area contributed by atoms with Gasteiger partial charge in [0, 0.05) is 11.6 Å². The highest BCUT2D eigenvalue weighted by atomic mass is 16.5. The van der Waals surface area contributed by atoms with Gasteiger partial charge in [0.1, 0.15) is 5.75 Å². The molecule has 0 aliphatic heterocycles. The smallest absolute Gasteiger partial charge is 0.374 e. The zero-order valence-corrected chi connectivity index (χ0v) is 22.6. The molecule has 0 aliphatic rings. The SMILES string of the molecule is CCCCCCCCOc1ccc(C(=O)Nc2cccc3c(=O)cc(C(=O)OCCCCCC)oc23)cc1. The number of para-hydroxylation sites is 1. The molecule has 7 heteroatoms. The predicted molar refractivity (Wildman–Crippen MR) is 150 cm³/mol. The molecule has 204 valence electrons. The number of hydrogen-bond donors (Lipinski definition) is 1. The number of nitrogens with one attached hydrogen (secondary N) is 1. The maximum atomic E-state index is 12.9. The molecule has 3 rings (SSSR count). The highest BCUT2D eigenvalue weighted by molar-refractivity contribution is 6.08. The molecular formula is C31H39NO6. The lowest BCUT2D eigenvalue weighted by molar-refractivity contribution is 0.0462. The van der Waals surface area contributed by atoms with Crippen LogP contribution in [0, 0.1) is 0 Å². The molecule has 2 aromatic carbocycles. The normalized spacial score (nSPS) is 10.9. The molecule has 0 fully saturated rings. The van der Waals surface area contributed by atoms with E-state index in [2.05, 4.69) is 19.2 Å². The minimum absolute atomic E-state index is 0.130. The Morgan fingerprint density at radius 1 is 0.816 bits per heavy atom. The number of ether oxygens (including phenoxy) is 2. The van der Waals surface area contributed by atoms with Gasteiger partial charge in [0.2, 0.25) is 5.76 Å². The van der Waals surface area contributed by atoms with E-state index in [1.807, 2.05) is 0 Å². The van der Waals surface area contributed by atoms with E-state index in [4.69, 9.17) is 13.9 Å². The third-order valence-electron chi connectivity index (χ3n) is 6.32. The number of carbonyl (C=O) groups is 2. The number of benzene rings is 2. The molecule has 0 saturated heterocycles. The van der Waals surface area contributed by atoms with Crippen LogP contribution in [0.5, 0.6) is 5.75 Å². The molecule has 0 radical (unpaired) electrons. The fourth-order valence-electron chi connectivity index (χ4n) is 4.11. The summed E-state index contributed by atoms with van der Waals surface area (Å²) in [6.07, 6.45) is 11.0. The number of carbonyl (C=O) groups excluding carboxylic acids is 2. The Kier molecular flexibility index (Phi) is 11.9. The van der Waals surface area contributed by atoms with Crippen LogP contribution in [0.25, 0.3) is 11.0 Å². The van der Waals surface area contributed by atoms with Gasteiger partial charge in [-0.15, -0.1) is 0 Å². The van der Waals surface area contributed by atoms with Crippen molar-refractivity contribution in [2.75, 3.05) is 18.5 Å². The van der Waals surface area contributed by atoms with E-state index in [-0.39, 0.29) is 34.7 Å². The van der Waals surface area contributed by atoms with Crippen molar-refractivity contribution >= 4 is 28.5 Å². The lowest BCUT2D eigenvalue weighted by atomic mass is 10.1. The molecule has 0 saturated carbocycles. The van der Waals surface area contributed by atoms with Gasteiger partial charge in [-0.2, -0.15) is 0 Å². The first kappa shape index (κ1) is 29.0. The highest BCUT2D eigenvalue weighted by Crippen LogP contribution is 2.24. The first-order chi connectivity index (χ1) is 18.5.